The van der Waals surface area contributed by atoms with Gasteiger partial charge in [0, 0.05) is 22.5 Å². The number of nitrogens with zero attached hydrogens (tertiary/aromatic N) is 1. The average molecular weight is 386 g/mol. The van der Waals surface area contributed by atoms with E-state index < -0.39 is 45.8 Å². The molecule has 0 bridgehead atoms. The van der Waals surface area contributed by atoms with E-state index in [-0.39, 0.29) is 0 Å². The van der Waals surface area contributed by atoms with Crippen LogP contribution in [0.15, 0.2) is 6.07 Å². The molecule has 1 rings (SSSR count). The van der Waals surface area contributed by atoms with Crippen molar-refractivity contribution < 1.29 is 35.9 Å². The second-order valence-corrected chi connectivity index (χ2v) is 4.19. The van der Waals surface area contributed by atoms with Crippen molar-refractivity contribution in [3.8, 4) is 5.88 Å². The first-order valence-corrected chi connectivity index (χ1v) is 6.08. The van der Waals surface area contributed by atoms with Crippen molar-refractivity contribution in [1.82, 2.24) is 4.98 Å². The largest absolute Gasteiger partial charge is 0.574 e. The van der Waals surface area contributed by atoms with E-state index in [2.05, 4.69) is 25.7 Å². The van der Waals surface area contributed by atoms with E-state index in [4.69, 9.17) is 11.6 Å². The Kier molecular flexibility index (Phi) is 4.90. The number of carbonyl (C=O) groups is 1. The van der Waals surface area contributed by atoms with Gasteiger partial charge in [-0.05, 0) is 11.6 Å². The molecule has 112 valence electrons. The standard InChI is InChI=1S/C9H3BrClF6NO2/c10-2-4-3(7(11)19)1-5(20-9(15,16)17)18-6(4)8(12,13)14/h1H,2H2. The number of aromatic nitrogens is 1. The van der Waals surface area contributed by atoms with Crippen LogP contribution in [0, 0.1) is 0 Å². The minimum Gasteiger partial charge on any atom is -0.388 e. The smallest absolute Gasteiger partial charge is 0.388 e. The zero-order chi connectivity index (χ0) is 15.7. The van der Waals surface area contributed by atoms with Crippen molar-refractivity contribution in [2.24, 2.45) is 0 Å². The number of ether oxygens (including phenoxy) is 1. The lowest BCUT2D eigenvalue weighted by Gasteiger charge is -2.15. The molecule has 0 aromatic carbocycles. The van der Waals surface area contributed by atoms with Crippen LogP contribution in [0.1, 0.15) is 21.6 Å². The molecule has 0 aliphatic rings. The van der Waals surface area contributed by atoms with Gasteiger partial charge in [0.25, 0.3) is 5.24 Å². The van der Waals surface area contributed by atoms with E-state index in [0.717, 1.165) is 0 Å². The zero-order valence-corrected chi connectivity index (χ0v) is 11.4. The first-order chi connectivity index (χ1) is 8.95. The normalized spacial score (nSPS) is 12.4. The lowest BCUT2D eigenvalue weighted by atomic mass is 10.1. The van der Waals surface area contributed by atoms with E-state index in [9.17, 15) is 31.1 Å². The molecule has 3 nitrogen and oxygen atoms in total. The first-order valence-electron chi connectivity index (χ1n) is 4.58. The Morgan fingerprint density at radius 1 is 1.30 bits per heavy atom. The van der Waals surface area contributed by atoms with Gasteiger partial charge in [-0.3, -0.25) is 4.79 Å². The Labute approximate surface area is 121 Å². The van der Waals surface area contributed by atoms with Gasteiger partial charge < -0.3 is 4.74 Å². The van der Waals surface area contributed by atoms with Crippen molar-refractivity contribution in [3.05, 3.63) is 22.9 Å². The van der Waals surface area contributed by atoms with Gasteiger partial charge in [0.15, 0.2) is 5.69 Å². The number of alkyl halides is 7. The summed E-state index contributed by atoms with van der Waals surface area (Å²) in [6.07, 6.45) is -10.3. The third-order valence-corrected chi connectivity index (χ3v) is 2.70. The predicted octanol–water partition coefficient (Wildman–Crippen LogP) is 4.27. The highest BCUT2D eigenvalue weighted by atomic mass is 79.9. The second kappa shape index (κ2) is 5.76. The maximum absolute atomic E-state index is 12.7. The SMILES string of the molecule is O=C(Cl)c1cc(OC(F)(F)F)nc(C(F)(F)F)c1CBr. The summed E-state index contributed by atoms with van der Waals surface area (Å²) in [4.78, 5) is 13.8. The second-order valence-electron chi connectivity index (χ2n) is 3.29. The van der Waals surface area contributed by atoms with Gasteiger partial charge in [-0.2, -0.15) is 13.2 Å². The quantitative estimate of drug-likeness (QED) is 0.442. The van der Waals surface area contributed by atoms with Crippen LogP contribution in [-0.2, 0) is 11.5 Å². The highest BCUT2D eigenvalue weighted by Crippen LogP contribution is 2.36. The molecule has 0 fully saturated rings. The minimum absolute atomic E-state index is 0.397. The van der Waals surface area contributed by atoms with Gasteiger partial charge in [0.1, 0.15) is 0 Å². The number of halogens is 8. The van der Waals surface area contributed by atoms with E-state index in [1.54, 1.807) is 0 Å². The zero-order valence-electron chi connectivity index (χ0n) is 9.07. The van der Waals surface area contributed by atoms with Crippen LogP contribution in [0.5, 0.6) is 5.88 Å². The molecule has 0 spiro atoms. The number of rotatable bonds is 3. The average Bonchev–Trinajstić information content (AvgIpc) is 2.24. The van der Waals surface area contributed by atoms with E-state index in [1.807, 2.05) is 0 Å². The van der Waals surface area contributed by atoms with Crippen molar-refractivity contribution in [2.75, 3.05) is 0 Å². The molecule has 20 heavy (non-hydrogen) atoms. The lowest BCUT2D eigenvalue weighted by molar-refractivity contribution is -0.276. The molecule has 11 heteroatoms. The molecule has 1 aromatic rings. The molecule has 0 radical (unpaired) electrons. The van der Waals surface area contributed by atoms with Gasteiger partial charge in [0.2, 0.25) is 5.88 Å². The summed E-state index contributed by atoms with van der Waals surface area (Å²) in [5, 5.41) is -1.84. The third-order valence-electron chi connectivity index (χ3n) is 1.93. The molecule has 0 N–H and O–H groups in total. The van der Waals surface area contributed by atoms with Crippen LogP contribution < -0.4 is 4.74 Å². The molecular formula is C9H3BrClF6NO2. The van der Waals surface area contributed by atoms with E-state index in [1.165, 1.54) is 0 Å². The van der Waals surface area contributed by atoms with Crippen LogP contribution >= 0.6 is 27.5 Å². The van der Waals surface area contributed by atoms with Gasteiger partial charge in [-0.1, -0.05) is 15.9 Å². The minimum atomic E-state index is -5.25. The van der Waals surface area contributed by atoms with Crippen LogP contribution in [0.3, 0.4) is 0 Å². The first kappa shape index (κ1) is 17.0. The maximum Gasteiger partial charge on any atom is 0.574 e. The summed E-state index contributed by atoms with van der Waals surface area (Å²) in [6.45, 7) is 0. The van der Waals surface area contributed by atoms with Crippen LogP contribution in [0.25, 0.3) is 0 Å². The fourth-order valence-corrected chi connectivity index (χ4v) is 2.00. The summed E-state index contributed by atoms with van der Waals surface area (Å²) in [7, 11) is 0. The monoisotopic (exact) mass is 385 g/mol. The number of hydrogen-bond acceptors (Lipinski definition) is 3. The van der Waals surface area contributed by atoms with Crippen molar-refractivity contribution in [3.63, 3.8) is 0 Å². The molecule has 0 saturated carbocycles. The molecule has 1 aromatic heterocycles. The Hall–Kier alpha value is -1.03. The van der Waals surface area contributed by atoms with E-state index in [0.29, 0.717) is 6.07 Å². The molecule has 0 saturated heterocycles. The maximum atomic E-state index is 12.7. The fraction of sp³-hybridized carbons (Fsp3) is 0.333. The Bertz CT molecular complexity index is 530. The molecule has 0 unspecified atom stereocenters. The highest BCUT2D eigenvalue weighted by Gasteiger charge is 2.39. The summed E-state index contributed by atoms with van der Waals surface area (Å²) in [5.41, 5.74) is -3.13. The lowest BCUT2D eigenvalue weighted by Crippen LogP contribution is -2.21. The molecule has 0 atom stereocenters. The van der Waals surface area contributed by atoms with Crippen molar-refractivity contribution >= 4 is 32.8 Å². The van der Waals surface area contributed by atoms with Gasteiger partial charge in [0.05, 0.1) is 0 Å². The molecule has 0 aliphatic carbocycles. The molecular weight excluding hydrogens is 383 g/mol. The molecule has 0 aliphatic heterocycles. The van der Waals surface area contributed by atoms with Crippen molar-refractivity contribution in [1.29, 1.82) is 0 Å². The van der Waals surface area contributed by atoms with E-state index >= 15 is 0 Å². The topological polar surface area (TPSA) is 39.2 Å². The predicted molar refractivity (Wildman–Crippen MR) is 58.7 cm³/mol. The van der Waals surface area contributed by atoms with Crippen LogP contribution in [-0.4, -0.2) is 16.6 Å². The Morgan fingerprint density at radius 2 is 1.85 bits per heavy atom. The third kappa shape index (κ3) is 4.23. The Morgan fingerprint density at radius 3 is 2.20 bits per heavy atom. The van der Waals surface area contributed by atoms with Crippen LogP contribution in [0.4, 0.5) is 26.3 Å². The number of pyridine rings is 1. The summed E-state index contributed by atoms with van der Waals surface area (Å²) < 4.78 is 77.5. The number of carbonyl (C=O) groups excluding carboxylic acids is 1. The summed E-state index contributed by atoms with van der Waals surface area (Å²) in [6, 6.07) is 0.397. The summed E-state index contributed by atoms with van der Waals surface area (Å²) >= 11 is 7.75. The van der Waals surface area contributed by atoms with Crippen LogP contribution in [0.2, 0.25) is 0 Å². The molecule has 1 heterocycles. The van der Waals surface area contributed by atoms with Crippen molar-refractivity contribution in [2.45, 2.75) is 17.9 Å². The van der Waals surface area contributed by atoms with Gasteiger partial charge in [-0.25, -0.2) is 4.98 Å². The molecule has 0 amide bonds. The van der Waals surface area contributed by atoms with Gasteiger partial charge >= 0.3 is 12.5 Å². The highest BCUT2D eigenvalue weighted by molar-refractivity contribution is 9.08. The Balaban J connectivity index is 3.52. The fourth-order valence-electron chi connectivity index (χ4n) is 1.26. The number of hydrogen-bond donors (Lipinski definition) is 0. The van der Waals surface area contributed by atoms with Gasteiger partial charge in [-0.15, -0.1) is 13.2 Å². The summed E-state index contributed by atoms with van der Waals surface area (Å²) in [5.74, 6) is -1.42.